The molecule has 0 N–H and O–H groups in total. The zero-order valence-electron chi connectivity index (χ0n) is 11.4. The lowest BCUT2D eigenvalue weighted by atomic mass is 9.90. The summed E-state index contributed by atoms with van der Waals surface area (Å²) in [6.45, 7) is 2.20. The Morgan fingerprint density at radius 2 is 2.25 bits per heavy atom. The van der Waals surface area contributed by atoms with Crippen molar-refractivity contribution in [3.8, 4) is 5.75 Å². The minimum Gasteiger partial charge on any atom is -0.485 e. The maximum Gasteiger partial charge on any atom is 0.226 e. The van der Waals surface area contributed by atoms with Crippen LogP contribution < -0.4 is 4.74 Å². The number of Topliss-reactive ketones (excluding diaryl/α,β-unsaturated/α-hetero) is 1. The summed E-state index contributed by atoms with van der Waals surface area (Å²) < 4.78 is 10.6. The van der Waals surface area contributed by atoms with Crippen LogP contribution in [0.25, 0.3) is 0 Å². The molecular weight excluding hydrogens is 256 g/mol. The van der Waals surface area contributed by atoms with Crippen LogP contribution >= 0.6 is 0 Å². The highest BCUT2D eigenvalue weighted by molar-refractivity contribution is 5.98. The molecule has 0 aliphatic heterocycles. The molecule has 0 radical (unpaired) electrons. The Hall–Kier alpha value is -2.17. The molecule has 0 bridgehead atoms. The van der Waals surface area contributed by atoms with Crippen LogP contribution in [0.2, 0.25) is 0 Å². The quantitative estimate of drug-likeness (QED) is 0.856. The monoisotopic (exact) mass is 272 g/mol. The molecule has 0 atom stereocenters. The number of nitrogens with zero attached hydrogens (tertiary/aromatic N) is 2. The SMILES string of the molecule is CCc1nc(COc2ccc3c(c2)C(=O)CCC3)no1. The number of carbonyl (C=O) groups excluding carboxylic acids is 1. The average Bonchev–Trinajstić information content (AvgIpc) is 2.94. The van der Waals surface area contributed by atoms with E-state index in [1.807, 2.05) is 25.1 Å². The summed E-state index contributed by atoms with van der Waals surface area (Å²) in [6, 6.07) is 5.67. The van der Waals surface area contributed by atoms with Crippen LogP contribution in [-0.2, 0) is 19.4 Å². The summed E-state index contributed by atoms with van der Waals surface area (Å²) in [5.41, 5.74) is 1.90. The molecule has 3 rings (SSSR count). The maximum absolute atomic E-state index is 11.9. The molecule has 5 heteroatoms. The molecule has 0 saturated carbocycles. The van der Waals surface area contributed by atoms with Gasteiger partial charge in [0, 0.05) is 18.4 Å². The molecule has 1 aromatic heterocycles. The van der Waals surface area contributed by atoms with Crippen LogP contribution in [0.5, 0.6) is 5.75 Å². The van der Waals surface area contributed by atoms with Crippen molar-refractivity contribution in [3.63, 3.8) is 0 Å². The van der Waals surface area contributed by atoms with Gasteiger partial charge in [0.25, 0.3) is 0 Å². The molecule has 0 fully saturated rings. The third kappa shape index (κ3) is 2.57. The molecule has 1 aliphatic carbocycles. The summed E-state index contributed by atoms with van der Waals surface area (Å²) in [7, 11) is 0. The maximum atomic E-state index is 11.9. The highest BCUT2D eigenvalue weighted by Crippen LogP contribution is 2.25. The molecular formula is C15H16N2O3. The standard InChI is InChI=1S/C15H16N2O3/c1-2-15-16-14(17-20-15)9-19-11-7-6-10-4-3-5-13(18)12(10)8-11/h6-8H,2-5,9H2,1H3. The molecule has 0 unspecified atom stereocenters. The van der Waals surface area contributed by atoms with Crippen LogP contribution in [0.3, 0.4) is 0 Å². The van der Waals surface area contributed by atoms with E-state index in [0.29, 0.717) is 30.3 Å². The number of rotatable bonds is 4. The van der Waals surface area contributed by atoms with E-state index in [9.17, 15) is 4.79 Å². The predicted octanol–water partition coefficient (Wildman–Crippen LogP) is 2.73. The first kappa shape index (κ1) is 12.8. The van der Waals surface area contributed by atoms with E-state index in [4.69, 9.17) is 9.26 Å². The molecule has 5 nitrogen and oxygen atoms in total. The van der Waals surface area contributed by atoms with Crippen molar-refractivity contribution in [1.82, 2.24) is 10.1 Å². The van der Waals surface area contributed by atoms with E-state index >= 15 is 0 Å². The fourth-order valence-electron chi connectivity index (χ4n) is 2.34. The van der Waals surface area contributed by atoms with E-state index in [2.05, 4.69) is 10.1 Å². The van der Waals surface area contributed by atoms with Crippen LogP contribution in [-0.4, -0.2) is 15.9 Å². The topological polar surface area (TPSA) is 65.2 Å². The fraction of sp³-hybridized carbons (Fsp3) is 0.400. The van der Waals surface area contributed by atoms with Crippen molar-refractivity contribution in [2.45, 2.75) is 39.2 Å². The molecule has 1 aromatic carbocycles. The van der Waals surface area contributed by atoms with Crippen molar-refractivity contribution in [2.75, 3.05) is 0 Å². The molecule has 2 aromatic rings. The van der Waals surface area contributed by atoms with Gasteiger partial charge in [0.2, 0.25) is 11.7 Å². The van der Waals surface area contributed by atoms with Crippen molar-refractivity contribution in [3.05, 3.63) is 41.0 Å². The van der Waals surface area contributed by atoms with Gasteiger partial charge >= 0.3 is 0 Å². The first-order valence-electron chi connectivity index (χ1n) is 6.86. The smallest absolute Gasteiger partial charge is 0.226 e. The van der Waals surface area contributed by atoms with Gasteiger partial charge in [-0.15, -0.1) is 0 Å². The van der Waals surface area contributed by atoms with Crippen molar-refractivity contribution < 1.29 is 14.1 Å². The Bertz CT molecular complexity index is 634. The zero-order chi connectivity index (χ0) is 13.9. The van der Waals surface area contributed by atoms with Gasteiger partial charge in [-0.05, 0) is 30.5 Å². The number of fused-ring (bicyclic) bond motifs is 1. The van der Waals surface area contributed by atoms with Crippen LogP contribution in [0, 0.1) is 0 Å². The summed E-state index contributed by atoms with van der Waals surface area (Å²) in [5.74, 6) is 1.99. The summed E-state index contributed by atoms with van der Waals surface area (Å²) in [4.78, 5) is 16.0. The molecule has 0 saturated heterocycles. The Kier molecular flexibility index (Phi) is 3.50. The zero-order valence-corrected chi connectivity index (χ0v) is 11.4. The lowest BCUT2D eigenvalue weighted by Gasteiger charge is -2.15. The second-order valence-electron chi connectivity index (χ2n) is 4.84. The average molecular weight is 272 g/mol. The molecule has 104 valence electrons. The first-order chi connectivity index (χ1) is 9.76. The number of aromatic nitrogens is 2. The molecule has 1 heterocycles. The number of ketones is 1. The lowest BCUT2D eigenvalue weighted by molar-refractivity contribution is 0.0972. The fourth-order valence-corrected chi connectivity index (χ4v) is 2.34. The van der Waals surface area contributed by atoms with Crippen LogP contribution in [0.1, 0.15) is 47.4 Å². The minimum absolute atomic E-state index is 0.199. The summed E-state index contributed by atoms with van der Waals surface area (Å²) >= 11 is 0. The molecule has 0 spiro atoms. The van der Waals surface area contributed by atoms with Gasteiger partial charge in [-0.2, -0.15) is 4.98 Å². The number of carbonyl (C=O) groups is 1. The summed E-state index contributed by atoms with van der Waals surface area (Å²) in [6.07, 6.45) is 3.24. The van der Waals surface area contributed by atoms with E-state index in [1.54, 1.807) is 0 Å². The molecule has 0 amide bonds. The molecule has 20 heavy (non-hydrogen) atoms. The van der Waals surface area contributed by atoms with Gasteiger partial charge in [-0.3, -0.25) is 4.79 Å². The van der Waals surface area contributed by atoms with Crippen molar-refractivity contribution in [2.24, 2.45) is 0 Å². The van der Waals surface area contributed by atoms with Crippen LogP contribution in [0.15, 0.2) is 22.7 Å². The third-order valence-corrected chi connectivity index (χ3v) is 3.41. The van der Waals surface area contributed by atoms with Crippen LogP contribution in [0.4, 0.5) is 0 Å². The van der Waals surface area contributed by atoms with Gasteiger partial charge in [-0.25, -0.2) is 0 Å². The van der Waals surface area contributed by atoms with Gasteiger partial charge in [0.15, 0.2) is 12.4 Å². The Morgan fingerprint density at radius 3 is 3.05 bits per heavy atom. The number of benzene rings is 1. The van der Waals surface area contributed by atoms with E-state index in [0.717, 1.165) is 24.0 Å². The third-order valence-electron chi connectivity index (χ3n) is 3.41. The van der Waals surface area contributed by atoms with E-state index in [-0.39, 0.29) is 12.4 Å². The minimum atomic E-state index is 0.199. The van der Waals surface area contributed by atoms with Gasteiger partial charge < -0.3 is 9.26 Å². The number of aryl methyl sites for hydroxylation is 2. The Morgan fingerprint density at radius 1 is 1.35 bits per heavy atom. The van der Waals surface area contributed by atoms with E-state index < -0.39 is 0 Å². The van der Waals surface area contributed by atoms with Crippen molar-refractivity contribution >= 4 is 5.78 Å². The highest BCUT2D eigenvalue weighted by atomic mass is 16.5. The number of hydrogen-bond donors (Lipinski definition) is 0. The highest BCUT2D eigenvalue weighted by Gasteiger charge is 2.17. The largest absolute Gasteiger partial charge is 0.485 e. The van der Waals surface area contributed by atoms with E-state index in [1.165, 1.54) is 0 Å². The summed E-state index contributed by atoms with van der Waals surface area (Å²) in [5, 5.41) is 3.83. The molecule has 1 aliphatic rings. The van der Waals surface area contributed by atoms with Crippen molar-refractivity contribution in [1.29, 1.82) is 0 Å². The first-order valence-corrected chi connectivity index (χ1v) is 6.86. The normalized spacial score (nSPS) is 14.2. The second kappa shape index (κ2) is 5.45. The van der Waals surface area contributed by atoms with Gasteiger partial charge in [0.1, 0.15) is 5.75 Å². The Labute approximate surface area is 116 Å². The second-order valence-corrected chi connectivity index (χ2v) is 4.84. The van der Waals surface area contributed by atoms with Gasteiger partial charge in [-0.1, -0.05) is 18.1 Å². The number of ether oxygens (including phenoxy) is 1. The lowest BCUT2D eigenvalue weighted by Crippen LogP contribution is -2.11. The Balaban J connectivity index is 1.71. The predicted molar refractivity (Wildman–Crippen MR) is 71.7 cm³/mol. The van der Waals surface area contributed by atoms with Gasteiger partial charge in [0.05, 0.1) is 0 Å². The number of hydrogen-bond acceptors (Lipinski definition) is 5.